The Morgan fingerprint density at radius 3 is 2.28 bits per heavy atom. The van der Waals surface area contributed by atoms with Gasteiger partial charge in [0.05, 0.1) is 17.2 Å². The van der Waals surface area contributed by atoms with Gasteiger partial charge in [-0.25, -0.2) is 8.42 Å². The molecule has 5 nitrogen and oxygen atoms in total. The number of hydrogen-bond acceptors (Lipinski definition) is 3. The molecule has 1 saturated heterocycles. The predicted molar refractivity (Wildman–Crippen MR) is 120 cm³/mol. The van der Waals surface area contributed by atoms with Crippen LogP contribution in [0, 0.1) is 0 Å². The van der Waals surface area contributed by atoms with Crippen molar-refractivity contribution >= 4 is 21.9 Å². The normalized spacial score (nSPS) is 15.3. The second-order valence-corrected chi connectivity index (χ2v) is 9.18. The zero-order chi connectivity index (χ0) is 20.5. The van der Waals surface area contributed by atoms with Crippen LogP contribution in [-0.2, 0) is 9.84 Å². The second-order valence-electron chi connectivity index (χ2n) is 7.07. The van der Waals surface area contributed by atoms with Crippen molar-refractivity contribution in [3.8, 4) is 0 Å². The molecule has 6 heteroatoms. The lowest BCUT2D eigenvalue weighted by Crippen LogP contribution is -2.44. The van der Waals surface area contributed by atoms with E-state index in [0.717, 1.165) is 38.4 Å². The van der Waals surface area contributed by atoms with Gasteiger partial charge in [0.25, 0.3) is 0 Å². The monoisotopic (exact) mass is 411 g/mol. The highest BCUT2D eigenvalue weighted by Gasteiger charge is 2.18. The lowest BCUT2D eigenvalue weighted by Gasteiger charge is -2.31. The van der Waals surface area contributed by atoms with E-state index in [1.165, 1.54) is 11.1 Å². The molecule has 1 N–H and O–H groups in total. The Bertz CT molecular complexity index is 929. The average Bonchev–Trinajstić information content (AvgIpc) is 2.75. The van der Waals surface area contributed by atoms with E-state index < -0.39 is 9.84 Å². The van der Waals surface area contributed by atoms with Crippen molar-refractivity contribution in [3.05, 3.63) is 71.8 Å². The van der Waals surface area contributed by atoms with Crippen molar-refractivity contribution in [3.63, 3.8) is 0 Å². The Morgan fingerprint density at radius 2 is 1.66 bits per heavy atom. The van der Waals surface area contributed by atoms with E-state index in [-0.39, 0.29) is 12.3 Å². The maximum Gasteiger partial charge on any atom is 0.193 e. The summed E-state index contributed by atoms with van der Waals surface area (Å²) in [5.41, 5.74) is 2.68. The Morgan fingerprint density at radius 1 is 1.03 bits per heavy atom. The van der Waals surface area contributed by atoms with Crippen molar-refractivity contribution in [2.24, 2.45) is 4.99 Å². The van der Waals surface area contributed by atoms with Crippen molar-refractivity contribution < 1.29 is 8.42 Å². The predicted octanol–water partition coefficient (Wildman–Crippen LogP) is 3.61. The summed E-state index contributed by atoms with van der Waals surface area (Å²) in [6.07, 6.45) is 4.25. The van der Waals surface area contributed by atoms with Crippen molar-refractivity contribution in [1.82, 2.24) is 10.2 Å². The van der Waals surface area contributed by atoms with Crippen LogP contribution in [0.5, 0.6) is 0 Å². The minimum atomic E-state index is -3.31. The number of nitrogens with one attached hydrogen (secondary N) is 1. The van der Waals surface area contributed by atoms with Crippen LogP contribution >= 0.6 is 0 Å². The third kappa shape index (κ3) is 6.19. The maximum absolute atomic E-state index is 12.5. The summed E-state index contributed by atoms with van der Waals surface area (Å²) < 4.78 is 24.9. The number of piperidine rings is 1. The van der Waals surface area contributed by atoms with Crippen LogP contribution in [0.3, 0.4) is 0 Å². The molecule has 0 aliphatic carbocycles. The van der Waals surface area contributed by atoms with Crippen molar-refractivity contribution in [2.45, 2.75) is 24.7 Å². The minimum absolute atomic E-state index is 0.0128. The fraction of sp³-hybridized carbons (Fsp3) is 0.348. The van der Waals surface area contributed by atoms with Gasteiger partial charge in [0.1, 0.15) is 0 Å². The molecule has 0 amide bonds. The summed E-state index contributed by atoms with van der Waals surface area (Å²) in [7, 11) is -3.31. The van der Waals surface area contributed by atoms with Crippen molar-refractivity contribution in [2.75, 3.05) is 31.9 Å². The third-order valence-electron chi connectivity index (χ3n) is 4.93. The molecule has 0 unspecified atom stereocenters. The number of aliphatic imine (C=N–C) groups is 1. The zero-order valence-corrected chi connectivity index (χ0v) is 17.7. The SMILES string of the molecule is CCNC(=NCCS(=O)(=O)c1ccccc1)N1CCC(=Cc2ccccc2)CC1. The first-order valence-corrected chi connectivity index (χ1v) is 11.8. The van der Waals surface area contributed by atoms with E-state index in [0.29, 0.717) is 4.90 Å². The first kappa shape index (κ1) is 21.1. The number of sulfone groups is 1. The summed E-state index contributed by atoms with van der Waals surface area (Å²) in [4.78, 5) is 7.17. The molecule has 0 bridgehead atoms. The van der Waals surface area contributed by atoms with Gasteiger partial charge in [0.15, 0.2) is 15.8 Å². The van der Waals surface area contributed by atoms with Gasteiger partial charge in [-0.15, -0.1) is 0 Å². The van der Waals surface area contributed by atoms with E-state index in [1.807, 2.05) is 19.1 Å². The molecule has 1 aliphatic heterocycles. The molecular weight excluding hydrogens is 382 g/mol. The molecule has 29 heavy (non-hydrogen) atoms. The van der Waals surface area contributed by atoms with Gasteiger partial charge in [0.2, 0.25) is 0 Å². The van der Waals surface area contributed by atoms with Gasteiger partial charge < -0.3 is 10.2 Å². The Hall–Kier alpha value is -2.60. The molecule has 1 fully saturated rings. The Balaban J connectivity index is 1.59. The largest absolute Gasteiger partial charge is 0.357 e. The van der Waals surface area contributed by atoms with Crippen LogP contribution in [0.2, 0.25) is 0 Å². The fourth-order valence-corrected chi connectivity index (χ4v) is 4.52. The van der Waals surface area contributed by atoms with Crippen LogP contribution in [0.4, 0.5) is 0 Å². The van der Waals surface area contributed by atoms with Gasteiger partial charge in [-0.2, -0.15) is 0 Å². The van der Waals surface area contributed by atoms with Gasteiger partial charge in [-0.3, -0.25) is 4.99 Å². The maximum atomic E-state index is 12.5. The molecule has 0 radical (unpaired) electrons. The van der Waals surface area contributed by atoms with Crippen LogP contribution in [0.15, 0.2) is 76.1 Å². The third-order valence-corrected chi connectivity index (χ3v) is 6.64. The lowest BCUT2D eigenvalue weighted by molar-refractivity contribution is 0.376. The summed E-state index contributed by atoms with van der Waals surface area (Å²) in [6, 6.07) is 19.0. The van der Waals surface area contributed by atoms with Crippen LogP contribution in [0.1, 0.15) is 25.3 Å². The first-order chi connectivity index (χ1) is 14.1. The summed E-state index contributed by atoms with van der Waals surface area (Å²) in [5.74, 6) is 0.813. The number of hydrogen-bond donors (Lipinski definition) is 1. The standard InChI is InChI=1S/C23H29N3O2S/c1-2-24-23(25-15-18-29(27,28)22-11-7-4-8-12-22)26-16-13-21(14-17-26)19-20-9-5-3-6-10-20/h3-12,19H,2,13-18H2,1H3,(H,24,25). The second kappa shape index (κ2) is 10.3. The van der Waals surface area contributed by atoms with E-state index >= 15 is 0 Å². The molecule has 0 spiro atoms. The highest BCUT2D eigenvalue weighted by atomic mass is 32.2. The van der Waals surface area contributed by atoms with E-state index in [4.69, 9.17) is 0 Å². The van der Waals surface area contributed by atoms with Crippen LogP contribution in [-0.4, -0.2) is 51.2 Å². The molecule has 154 valence electrons. The lowest BCUT2D eigenvalue weighted by atomic mass is 10.0. The minimum Gasteiger partial charge on any atom is -0.357 e. The summed E-state index contributed by atoms with van der Waals surface area (Å²) >= 11 is 0. The summed E-state index contributed by atoms with van der Waals surface area (Å²) in [5, 5.41) is 3.30. The quantitative estimate of drug-likeness (QED) is 0.583. The van der Waals surface area contributed by atoms with Gasteiger partial charge in [-0.1, -0.05) is 60.2 Å². The molecule has 1 heterocycles. The van der Waals surface area contributed by atoms with Crippen LogP contribution in [0.25, 0.3) is 6.08 Å². The molecular formula is C23H29N3O2S. The average molecular weight is 412 g/mol. The van der Waals surface area contributed by atoms with Gasteiger partial charge in [-0.05, 0) is 37.5 Å². The van der Waals surface area contributed by atoms with Crippen LogP contribution < -0.4 is 5.32 Å². The van der Waals surface area contributed by atoms with Gasteiger partial charge >= 0.3 is 0 Å². The first-order valence-electron chi connectivity index (χ1n) is 10.1. The summed E-state index contributed by atoms with van der Waals surface area (Å²) in [6.45, 7) is 4.81. The van der Waals surface area contributed by atoms with Crippen molar-refractivity contribution in [1.29, 1.82) is 0 Å². The molecule has 0 aromatic heterocycles. The fourth-order valence-electron chi connectivity index (χ4n) is 3.38. The highest BCUT2D eigenvalue weighted by Crippen LogP contribution is 2.19. The zero-order valence-electron chi connectivity index (χ0n) is 16.9. The Labute approximate surface area is 174 Å². The number of rotatable bonds is 6. The van der Waals surface area contributed by atoms with E-state index in [9.17, 15) is 8.42 Å². The molecule has 3 rings (SSSR count). The number of likely N-dealkylation sites (tertiary alicyclic amines) is 1. The van der Waals surface area contributed by atoms with E-state index in [2.05, 4.69) is 45.6 Å². The smallest absolute Gasteiger partial charge is 0.193 e. The molecule has 2 aromatic rings. The molecule has 0 saturated carbocycles. The molecule has 2 aromatic carbocycles. The van der Waals surface area contributed by atoms with E-state index in [1.54, 1.807) is 24.3 Å². The highest BCUT2D eigenvalue weighted by molar-refractivity contribution is 7.91. The number of benzene rings is 2. The number of guanidine groups is 1. The topological polar surface area (TPSA) is 61.8 Å². The molecule has 1 aliphatic rings. The number of nitrogens with zero attached hydrogens (tertiary/aromatic N) is 2. The van der Waals surface area contributed by atoms with Gasteiger partial charge in [0, 0.05) is 19.6 Å². The Kier molecular flexibility index (Phi) is 7.47. The molecule has 0 atom stereocenters.